The summed E-state index contributed by atoms with van der Waals surface area (Å²) in [5.74, 6) is -38.6. The van der Waals surface area contributed by atoms with Crippen molar-refractivity contribution in [2.45, 2.75) is 91.2 Å². The number of Topliss-reactive ketones (excluding diaryl/α,β-unsaturated/α-hetero) is 2. The Hall–Kier alpha value is -6.98. The van der Waals surface area contributed by atoms with Crippen molar-refractivity contribution >= 4 is 11.6 Å². The number of nitrogens with zero attached hydrogens (tertiary/aromatic N) is 2. The Kier molecular flexibility index (Phi) is 13.8. The summed E-state index contributed by atoms with van der Waals surface area (Å²) in [6, 6.07) is 6.74. The van der Waals surface area contributed by atoms with Crippen molar-refractivity contribution in [3.05, 3.63) is 63.7 Å². The number of rotatable bonds is 15. The van der Waals surface area contributed by atoms with E-state index in [1.165, 1.54) is 37.4 Å². The van der Waals surface area contributed by atoms with Gasteiger partial charge in [0.2, 0.25) is 47.0 Å². The van der Waals surface area contributed by atoms with E-state index in [1.54, 1.807) is 0 Å². The van der Waals surface area contributed by atoms with Gasteiger partial charge in [-0.15, -0.1) is 0 Å². The van der Waals surface area contributed by atoms with Crippen LogP contribution in [-0.2, 0) is 25.3 Å². The predicted octanol–water partition coefficient (Wildman–Crippen LogP) is -4.11. The number of phenols is 8. The van der Waals surface area contributed by atoms with Crippen LogP contribution in [0.5, 0.6) is 74.7 Å². The van der Waals surface area contributed by atoms with Crippen LogP contribution in [-0.4, -0.2) is 210 Å². The van der Waals surface area contributed by atoms with Gasteiger partial charge in [-0.1, -0.05) is 30.3 Å². The zero-order valence-electron chi connectivity index (χ0n) is 41.2. The van der Waals surface area contributed by atoms with Crippen molar-refractivity contribution in [2.75, 3.05) is 41.2 Å². The minimum absolute atomic E-state index is 0.00761. The highest BCUT2D eigenvalue weighted by atomic mass is 16.7. The summed E-state index contributed by atoms with van der Waals surface area (Å²) in [5.41, 5.74) is -13.9. The van der Waals surface area contributed by atoms with Crippen molar-refractivity contribution < 1.29 is 141 Å². The van der Waals surface area contributed by atoms with Crippen molar-refractivity contribution in [1.82, 2.24) is 9.80 Å². The van der Waals surface area contributed by atoms with Crippen LogP contribution < -0.4 is 23.7 Å². The standard InChI is InChI=1S/C48H56N2O28/c1-74-35-26(51)21-14-41(61,39(59)23(21)28(53)37(35)76-3)13-19-9-11-49(12-10-19)44(64,65)25-30(55)32(57)34(33(58)31(25)56)77-18-78-38-29(54)24-22(27(52)36(38)75-2)15-42(62,40(24)60)17-43(63)45(66,67)47(70,71)50(48(72,73)46(43,68)69)16-20-7-5-4-6-8-20/h4-8,19,51-58,61-73H,9-18H2,1-3H3. The average molecular weight is 1110 g/mol. The summed E-state index contributed by atoms with van der Waals surface area (Å²) >= 11 is 0. The number of ether oxygens (including phenoxy) is 5. The lowest BCUT2D eigenvalue weighted by molar-refractivity contribution is -0.598. The maximum Gasteiger partial charge on any atom is 0.289 e. The number of carbonyl (C=O) groups is 2. The predicted molar refractivity (Wildman–Crippen MR) is 250 cm³/mol. The van der Waals surface area contributed by atoms with Gasteiger partial charge in [0.25, 0.3) is 29.3 Å². The van der Waals surface area contributed by atoms with E-state index in [4.69, 9.17) is 23.7 Å². The van der Waals surface area contributed by atoms with E-state index in [2.05, 4.69) is 0 Å². The molecule has 21 N–H and O–H groups in total. The minimum atomic E-state index is -4.76. The Bertz CT molecular complexity index is 3020. The molecule has 2 atom stereocenters. The van der Waals surface area contributed by atoms with E-state index in [-0.39, 0.29) is 60.5 Å². The maximum atomic E-state index is 14.0. The number of hydrogen-bond acceptors (Lipinski definition) is 30. The van der Waals surface area contributed by atoms with E-state index in [0.717, 1.165) is 19.1 Å². The van der Waals surface area contributed by atoms with Gasteiger partial charge in [-0.05, 0) is 30.7 Å². The number of aliphatic hydroxyl groups is 13. The largest absolute Gasteiger partial charge is 0.504 e. The Labute approximate surface area is 437 Å². The van der Waals surface area contributed by atoms with Gasteiger partial charge in [0.05, 0.1) is 32.5 Å². The molecular weight excluding hydrogens is 1050 g/mol. The van der Waals surface area contributed by atoms with Crippen LogP contribution in [0, 0.1) is 5.92 Å². The minimum Gasteiger partial charge on any atom is -0.504 e. The molecule has 2 heterocycles. The number of piperidine rings is 2. The molecule has 0 saturated carbocycles. The molecule has 0 bridgehead atoms. The van der Waals surface area contributed by atoms with Crippen LogP contribution in [0.4, 0.5) is 0 Å². The average Bonchev–Trinajstić information content (AvgIpc) is 3.76. The van der Waals surface area contributed by atoms with Gasteiger partial charge in [-0.25, -0.2) is 4.90 Å². The molecule has 2 unspecified atom stereocenters. The number of hydrogen-bond donors (Lipinski definition) is 21. The quantitative estimate of drug-likeness (QED) is 0.0305. The normalized spacial score (nSPS) is 23.4. The van der Waals surface area contributed by atoms with Crippen molar-refractivity contribution in [2.24, 2.45) is 5.92 Å². The molecule has 30 nitrogen and oxygen atoms in total. The highest BCUT2D eigenvalue weighted by molar-refractivity contribution is 6.11. The molecule has 4 aromatic carbocycles. The van der Waals surface area contributed by atoms with Crippen molar-refractivity contribution in [3.8, 4) is 74.7 Å². The summed E-state index contributed by atoms with van der Waals surface area (Å²) in [5, 5.41) is 235. The lowest BCUT2D eigenvalue weighted by Gasteiger charge is -2.63. The van der Waals surface area contributed by atoms with E-state index >= 15 is 0 Å². The second kappa shape index (κ2) is 18.9. The maximum absolute atomic E-state index is 14.0. The Morgan fingerprint density at radius 3 is 1.46 bits per heavy atom. The number of likely N-dealkylation sites (tertiary alicyclic amines) is 2. The molecule has 2 fully saturated rings. The summed E-state index contributed by atoms with van der Waals surface area (Å²) in [6.07, 6.45) is -4.16. The molecule has 30 heteroatoms. The van der Waals surface area contributed by atoms with Crippen LogP contribution in [0.25, 0.3) is 0 Å². The number of phenolic OH excluding ortho intramolecular Hbond substituents is 8. The van der Waals surface area contributed by atoms with E-state index in [1.807, 2.05) is 0 Å². The first kappa shape index (κ1) is 57.2. The number of ketones is 2. The zero-order valence-corrected chi connectivity index (χ0v) is 41.2. The SMILES string of the molecule is COc1c(O)c2c(c(O)c1OC)C(=O)C(O)(CC1CCN(C(O)(O)c3c(O)c(O)c(OCOc4c(O)c5c(c(O)c4OC)CC(O)(CC4(O)C(O)(O)C(O)(O)N(Cc6ccccc6)C(O)(O)C4(O)O)C5=O)c(O)c3O)CC1)C2. The first-order valence-corrected chi connectivity index (χ1v) is 23.3. The van der Waals surface area contributed by atoms with Crippen molar-refractivity contribution in [1.29, 1.82) is 0 Å². The number of methoxy groups -OCH3 is 3. The highest BCUT2D eigenvalue weighted by Crippen LogP contribution is 2.60. The fourth-order valence-electron chi connectivity index (χ4n) is 10.9. The monoisotopic (exact) mass is 1110 g/mol. The van der Waals surface area contributed by atoms with Gasteiger partial charge in [-0.3, -0.25) is 9.59 Å². The fourth-order valence-corrected chi connectivity index (χ4v) is 10.9. The van der Waals surface area contributed by atoms with Crippen LogP contribution in [0.3, 0.4) is 0 Å². The molecule has 426 valence electrons. The Morgan fingerprint density at radius 2 is 0.974 bits per heavy atom. The van der Waals surface area contributed by atoms with Gasteiger partial charge in [-0.2, -0.15) is 4.90 Å². The number of benzene rings is 4. The van der Waals surface area contributed by atoms with Crippen LogP contribution >= 0.6 is 0 Å². The first-order chi connectivity index (χ1) is 36.1. The highest BCUT2D eigenvalue weighted by Gasteiger charge is 2.85. The third-order valence-corrected chi connectivity index (χ3v) is 15.1. The van der Waals surface area contributed by atoms with E-state index in [9.17, 15) is 117 Å². The van der Waals surface area contributed by atoms with Crippen LogP contribution in [0.15, 0.2) is 30.3 Å². The van der Waals surface area contributed by atoms with Gasteiger partial charge >= 0.3 is 0 Å². The molecule has 0 radical (unpaired) electrons. The van der Waals surface area contributed by atoms with E-state index in [0.29, 0.717) is 0 Å². The molecule has 8 rings (SSSR count). The van der Waals surface area contributed by atoms with Gasteiger partial charge < -0.3 is 131 Å². The summed E-state index contributed by atoms with van der Waals surface area (Å²) < 4.78 is 25.8. The number of fused-ring (bicyclic) bond motifs is 2. The smallest absolute Gasteiger partial charge is 0.289 e. The molecule has 4 aromatic rings. The summed E-state index contributed by atoms with van der Waals surface area (Å²) in [7, 11) is 3.21. The van der Waals surface area contributed by atoms with Crippen LogP contribution in [0.1, 0.15) is 68.7 Å². The van der Waals surface area contributed by atoms with Crippen molar-refractivity contribution in [3.63, 3.8) is 0 Å². The lowest BCUT2D eigenvalue weighted by atomic mass is 9.68. The summed E-state index contributed by atoms with van der Waals surface area (Å²) in [6.45, 7) is -3.06. The third-order valence-electron chi connectivity index (χ3n) is 15.1. The topological polar surface area (TPSA) is 512 Å². The molecule has 78 heavy (non-hydrogen) atoms. The molecule has 2 aliphatic carbocycles. The van der Waals surface area contributed by atoms with Crippen LogP contribution in [0.2, 0.25) is 0 Å². The molecule has 2 saturated heterocycles. The first-order valence-electron chi connectivity index (χ1n) is 23.3. The second-order valence-electron chi connectivity index (χ2n) is 19.6. The fraction of sp³-hybridized carbons (Fsp3) is 0.458. The molecule has 4 aliphatic rings. The third kappa shape index (κ3) is 7.98. The van der Waals surface area contributed by atoms with Gasteiger partial charge in [0, 0.05) is 50.0 Å². The number of aromatic hydroxyl groups is 8. The molecule has 0 aromatic heterocycles. The van der Waals surface area contributed by atoms with Gasteiger partial charge in [0.15, 0.2) is 51.7 Å². The van der Waals surface area contributed by atoms with E-state index < -0.39 is 181 Å². The Balaban J connectivity index is 0.984. The Morgan fingerprint density at radius 1 is 0.551 bits per heavy atom. The number of carbonyl (C=O) groups excluding carboxylic acids is 2. The van der Waals surface area contributed by atoms with Gasteiger partial charge in [0.1, 0.15) is 16.8 Å². The second-order valence-corrected chi connectivity index (χ2v) is 19.6. The molecule has 2 aliphatic heterocycles. The molecular formula is C48H56N2O28. The zero-order chi connectivity index (χ0) is 58.0. The summed E-state index contributed by atoms with van der Waals surface area (Å²) in [4.78, 5) is 28.0. The molecule has 0 spiro atoms. The molecule has 0 amide bonds. The lowest BCUT2D eigenvalue weighted by Crippen LogP contribution is -2.93.